The molecule has 3 N–H and O–H groups in total. The predicted octanol–water partition coefficient (Wildman–Crippen LogP) is 3.43. The van der Waals surface area contributed by atoms with Gasteiger partial charge in [0.15, 0.2) is 0 Å². The third kappa shape index (κ3) is 3.33. The zero-order chi connectivity index (χ0) is 12.3. The van der Waals surface area contributed by atoms with E-state index in [1.54, 1.807) is 6.20 Å². The molecule has 0 bridgehead atoms. The molecule has 0 aliphatic heterocycles. The number of aromatic nitrogens is 1. The first-order valence-electron chi connectivity index (χ1n) is 5.98. The van der Waals surface area contributed by atoms with Crippen LogP contribution >= 0.6 is 27.5 Å². The second-order valence-corrected chi connectivity index (χ2v) is 5.81. The van der Waals surface area contributed by atoms with Crippen LogP contribution in [0.2, 0.25) is 5.02 Å². The average Bonchev–Trinajstić information content (AvgIpc) is 2.81. The van der Waals surface area contributed by atoms with E-state index in [1.165, 1.54) is 25.7 Å². The number of hydrogen-bond donors (Lipinski definition) is 2. The second-order valence-electron chi connectivity index (χ2n) is 4.52. The molecule has 0 saturated heterocycles. The van der Waals surface area contributed by atoms with Gasteiger partial charge in [-0.2, -0.15) is 0 Å². The summed E-state index contributed by atoms with van der Waals surface area (Å²) in [6.07, 6.45) is 6.81. The second kappa shape index (κ2) is 6.03. The minimum Gasteiger partial charge on any atom is -0.365 e. The van der Waals surface area contributed by atoms with Crippen LogP contribution in [0.4, 0.5) is 5.82 Å². The first-order valence-corrected chi connectivity index (χ1v) is 7.15. The van der Waals surface area contributed by atoms with E-state index in [9.17, 15) is 0 Å². The van der Waals surface area contributed by atoms with Crippen molar-refractivity contribution in [2.45, 2.75) is 31.7 Å². The van der Waals surface area contributed by atoms with Crippen LogP contribution in [0.15, 0.2) is 16.7 Å². The van der Waals surface area contributed by atoms with Crippen molar-refractivity contribution < 1.29 is 0 Å². The van der Waals surface area contributed by atoms with Crippen LogP contribution < -0.4 is 11.1 Å². The molecule has 1 saturated carbocycles. The lowest BCUT2D eigenvalue weighted by Crippen LogP contribution is -2.35. The zero-order valence-corrected chi connectivity index (χ0v) is 12.0. The Balaban J connectivity index is 2.06. The number of rotatable bonds is 4. The van der Waals surface area contributed by atoms with Crippen LogP contribution in [-0.4, -0.2) is 17.6 Å². The Hall–Kier alpha value is -0.320. The Bertz CT molecular complexity index is 380. The van der Waals surface area contributed by atoms with Gasteiger partial charge in [-0.15, -0.1) is 0 Å². The van der Waals surface area contributed by atoms with Gasteiger partial charge in [0.1, 0.15) is 5.82 Å². The summed E-state index contributed by atoms with van der Waals surface area (Å²) in [6, 6.07) is 2.15. The number of pyridine rings is 1. The maximum absolute atomic E-state index is 5.87. The van der Waals surface area contributed by atoms with E-state index in [2.05, 4.69) is 26.2 Å². The van der Waals surface area contributed by atoms with Gasteiger partial charge >= 0.3 is 0 Å². The normalized spacial score (nSPS) is 18.3. The summed E-state index contributed by atoms with van der Waals surface area (Å²) in [5.41, 5.74) is 5.85. The number of nitrogens with two attached hydrogens (primary N) is 1. The number of nitrogens with one attached hydrogen (secondary N) is 1. The number of nitrogens with zero attached hydrogens (tertiary/aromatic N) is 1. The predicted molar refractivity (Wildman–Crippen MR) is 75.4 cm³/mol. The molecule has 3 nitrogen and oxygen atoms in total. The van der Waals surface area contributed by atoms with Crippen molar-refractivity contribution in [2.24, 2.45) is 11.7 Å². The average molecular weight is 319 g/mol. The van der Waals surface area contributed by atoms with Gasteiger partial charge in [0.05, 0.1) is 9.50 Å². The molecule has 1 unspecified atom stereocenters. The summed E-state index contributed by atoms with van der Waals surface area (Å²) >= 11 is 9.33. The van der Waals surface area contributed by atoms with E-state index in [-0.39, 0.29) is 0 Å². The lowest BCUT2D eigenvalue weighted by Gasteiger charge is -2.24. The Morgan fingerprint density at radius 3 is 2.82 bits per heavy atom. The first-order chi connectivity index (χ1) is 8.20. The molecule has 1 aromatic heterocycles. The highest BCUT2D eigenvalue weighted by Crippen LogP contribution is 2.30. The van der Waals surface area contributed by atoms with Crippen LogP contribution in [0.5, 0.6) is 0 Å². The van der Waals surface area contributed by atoms with Crippen LogP contribution in [0.3, 0.4) is 0 Å². The Morgan fingerprint density at radius 1 is 1.53 bits per heavy atom. The Labute approximate surface area is 115 Å². The van der Waals surface area contributed by atoms with E-state index < -0.39 is 0 Å². The molecule has 94 valence electrons. The lowest BCUT2D eigenvalue weighted by atomic mass is 9.98. The highest BCUT2D eigenvalue weighted by atomic mass is 79.9. The third-order valence-corrected chi connectivity index (χ3v) is 4.16. The van der Waals surface area contributed by atoms with Gasteiger partial charge < -0.3 is 11.1 Å². The van der Waals surface area contributed by atoms with Crippen molar-refractivity contribution in [1.29, 1.82) is 0 Å². The summed E-state index contributed by atoms with van der Waals surface area (Å²) in [5, 5.41) is 4.06. The molecule has 17 heavy (non-hydrogen) atoms. The monoisotopic (exact) mass is 317 g/mol. The van der Waals surface area contributed by atoms with Crippen molar-refractivity contribution in [1.82, 2.24) is 4.98 Å². The van der Waals surface area contributed by atoms with Crippen molar-refractivity contribution >= 4 is 33.3 Å². The number of anilines is 1. The largest absolute Gasteiger partial charge is 0.365 e. The van der Waals surface area contributed by atoms with Gasteiger partial charge in [0.2, 0.25) is 0 Å². The fourth-order valence-electron chi connectivity index (χ4n) is 2.43. The van der Waals surface area contributed by atoms with E-state index in [4.69, 9.17) is 17.3 Å². The van der Waals surface area contributed by atoms with Gasteiger partial charge in [-0.05, 0) is 40.8 Å². The molecule has 1 atom stereocenters. The molecule has 2 rings (SSSR count). The Morgan fingerprint density at radius 2 is 2.24 bits per heavy atom. The van der Waals surface area contributed by atoms with Crippen LogP contribution in [0.25, 0.3) is 0 Å². The topological polar surface area (TPSA) is 50.9 Å². The molecule has 1 aliphatic carbocycles. The van der Waals surface area contributed by atoms with Crippen molar-refractivity contribution in [3.8, 4) is 0 Å². The summed E-state index contributed by atoms with van der Waals surface area (Å²) in [6.45, 7) is 0.640. The molecule has 0 amide bonds. The molecule has 1 heterocycles. The third-order valence-electron chi connectivity index (χ3n) is 3.35. The van der Waals surface area contributed by atoms with E-state index in [0.29, 0.717) is 23.5 Å². The van der Waals surface area contributed by atoms with Gasteiger partial charge in [-0.25, -0.2) is 4.98 Å². The molecule has 5 heteroatoms. The maximum atomic E-state index is 5.87. The summed E-state index contributed by atoms with van der Waals surface area (Å²) in [7, 11) is 0. The van der Waals surface area contributed by atoms with Gasteiger partial charge in [-0.1, -0.05) is 24.4 Å². The maximum Gasteiger partial charge on any atom is 0.140 e. The molecular weight excluding hydrogens is 302 g/mol. The summed E-state index contributed by atoms with van der Waals surface area (Å²) in [4.78, 5) is 4.29. The molecule has 0 spiro atoms. The SMILES string of the molecule is NCC(Nc1ncc(Cl)cc1Br)C1CCCC1. The quantitative estimate of drug-likeness (QED) is 0.894. The fourth-order valence-corrected chi connectivity index (χ4v) is 3.18. The minimum absolute atomic E-state index is 0.308. The van der Waals surface area contributed by atoms with E-state index >= 15 is 0 Å². The summed E-state index contributed by atoms with van der Waals surface area (Å²) < 4.78 is 0.890. The standard InChI is InChI=1S/C12H17BrClN3/c13-10-5-9(14)7-16-12(10)17-11(6-15)8-3-1-2-4-8/h5,7-8,11H,1-4,6,15H2,(H,16,17). The first kappa shape index (κ1) is 13.1. The van der Waals surface area contributed by atoms with Crippen molar-refractivity contribution in [3.05, 3.63) is 21.8 Å². The van der Waals surface area contributed by atoms with Gasteiger partial charge in [0.25, 0.3) is 0 Å². The highest BCUT2D eigenvalue weighted by Gasteiger charge is 2.24. The van der Waals surface area contributed by atoms with Gasteiger partial charge in [-0.3, -0.25) is 0 Å². The molecule has 0 radical (unpaired) electrons. The van der Waals surface area contributed by atoms with Crippen LogP contribution in [0, 0.1) is 5.92 Å². The lowest BCUT2D eigenvalue weighted by molar-refractivity contribution is 0.461. The van der Waals surface area contributed by atoms with Crippen molar-refractivity contribution in [2.75, 3.05) is 11.9 Å². The molecule has 1 aliphatic rings. The Kier molecular flexibility index (Phi) is 4.65. The summed E-state index contributed by atoms with van der Waals surface area (Å²) in [5.74, 6) is 1.50. The minimum atomic E-state index is 0.308. The van der Waals surface area contributed by atoms with Gasteiger partial charge in [0, 0.05) is 18.8 Å². The van der Waals surface area contributed by atoms with E-state index in [0.717, 1.165) is 10.3 Å². The van der Waals surface area contributed by atoms with E-state index in [1.807, 2.05) is 6.07 Å². The highest BCUT2D eigenvalue weighted by molar-refractivity contribution is 9.10. The molecule has 1 aromatic rings. The molecular formula is C12H17BrClN3. The molecule has 1 fully saturated rings. The smallest absolute Gasteiger partial charge is 0.140 e. The van der Waals surface area contributed by atoms with Crippen LogP contribution in [0.1, 0.15) is 25.7 Å². The molecule has 0 aromatic carbocycles. The number of hydrogen-bond acceptors (Lipinski definition) is 3. The number of halogens is 2. The fraction of sp³-hybridized carbons (Fsp3) is 0.583. The zero-order valence-electron chi connectivity index (χ0n) is 9.63. The van der Waals surface area contributed by atoms with Crippen molar-refractivity contribution in [3.63, 3.8) is 0 Å². The van der Waals surface area contributed by atoms with Crippen LogP contribution in [-0.2, 0) is 0 Å².